The van der Waals surface area contributed by atoms with Gasteiger partial charge in [0.25, 0.3) is 0 Å². The maximum atomic E-state index is 12.2. The van der Waals surface area contributed by atoms with E-state index >= 15 is 0 Å². The summed E-state index contributed by atoms with van der Waals surface area (Å²) >= 11 is 0. The van der Waals surface area contributed by atoms with Gasteiger partial charge in [-0.2, -0.15) is 0 Å². The van der Waals surface area contributed by atoms with Gasteiger partial charge < -0.3 is 0 Å². The lowest BCUT2D eigenvalue weighted by atomic mass is 9.94. The van der Waals surface area contributed by atoms with Crippen LogP contribution in [0.4, 0.5) is 0 Å². The van der Waals surface area contributed by atoms with E-state index in [9.17, 15) is 4.79 Å². The Morgan fingerprint density at radius 1 is 1.12 bits per heavy atom. The third kappa shape index (κ3) is 2.38. The van der Waals surface area contributed by atoms with Gasteiger partial charge in [-0.25, -0.2) is 0 Å². The van der Waals surface area contributed by atoms with E-state index < -0.39 is 0 Å². The quantitative estimate of drug-likeness (QED) is 0.700. The molecule has 0 aliphatic carbocycles. The van der Waals surface area contributed by atoms with Crippen LogP contribution in [-0.4, -0.2) is 5.78 Å². The van der Waals surface area contributed by atoms with E-state index in [0.29, 0.717) is 6.42 Å². The fraction of sp³-hybridized carbons (Fsp3) is 0.312. The molecule has 0 heterocycles. The second kappa shape index (κ2) is 5.13. The Balaban J connectivity index is 2.51. The number of Topliss-reactive ketones (excluding diaryl/α,β-unsaturated/α-hetero) is 1. The molecule has 0 saturated heterocycles. The summed E-state index contributed by atoms with van der Waals surface area (Å²) in [7, 11) is 0. The summed E-state index contributed by atoms with van der Waals surface area (Å²) < 4.78 is 0. The summed E-state index contributed by atoms with van der Waals surface area (Å²) in [6, 6.07) is 12.2. The van der Waals surface area contributed by atoms with Gasteiger partial charge in [0.2, 0.25) is 0 Å². The molecule has 0 aromatic heterocycles. The van der Waals surface area contributed by atoms with Crippen LogP contribution < -0.4 is 0 Å². The normalized spacial score (nSPS) is 10.7. The molecule has 0 radical (unpaired) electrons. The monoisotopic (exact) mass is 226 g/mol. The lowest BCUT2D eigenvalue weighted by Crippen LogP contribution is -2.02. The van der Waals surface area contributed by atoms with E-state index in [-0.39, 0.29) is 5.78 Å². The maximum Gasteiger partial charge on any atom is 0.163 e. The van der Waals surface area contributed by atoms with Crippen LogP contribution in [0.15, 0.2) is 36.4 Å². The molecule has 0 N–H and O–H groups in total. The minimum Gasteiger partial charge on any atom is -0.294 e. The predicted octanol–water partition coefficient (Wildman–Crippen LogP) is 4.52. The van der Waals surface area contributed by atoms with Crippen LogP contribution >= 0.6 is 0 Å². The number of carbonyl (C=O) groups is 1. The summed E-state index contributed by atoms with van der Waals surface area (Å²) in [6.45, 7) is 4.13. The van der Waals surface area contributed by atoms with E-state index in [0.717, 1.165) is 34.7 Å². The first-order valence-electron chi connectivity index (χ1n) is 6.25. The highest BCUT2D eigenvalue weighted by Gasteiger charge is 2.12. The molecule has 0 atom stereocenters. The van der Waals surface area contributed by atoms with E-state index in [1.54, 1.807) is 0 Å². The summed E-state index contributed by atoms with van der Waals surface area (Å²) in [6.07, 6.45) is 2.70. The van der Waals surface area contributed by atoms with E-state index in [1.807, 2.05) is 31.2 Å². The lowest BCUT2D eigenvalue weighted by molar-refractivity contribution is 0.0981. The number of ketones is 1. The van der Waals surface area contributed by atoms with Gasteiger partial charge in [0.15, 0.2) is 5.78 Å². The first kappa shape index (κ1) is 11.8. The van der Waals surface area contributed by atoms with Crippen LogP contribution in [0.25, 0.3) is 10.8 Å². The number of fused-ring (bicyclic) bond motifs is 1. The van der Waals surface area contributed by atoms with Crippen LogP contribution in [0, 0.1) is 6.92 Å². The Morgan fingerprint density at radius 3 is 2.65 bits per heavy atom. The molecule has 0 bridgehead atoms. The Labute approximate surface area is 102 Å². The molecule has 2 aromatic carbocycles. The second-order valence-corrected chi connectivity index (χ2v) is 4.51. The fourth-order valence-electron chi connectivity index (χ4n) is 2.21. The molecular weight excluding hydrogens is 208 g/mol. The van der Waals surface area contributed by atoms with Crippen molar-refractivity contribution in [2.45, 2.75) is 33.1 Å². The molecular formula is C16H18O. The number of carbonyl (C=O) groups excluding carboxylic acids is 1. The topological polar surface area (TPSA) is 17.1 Å². The van der Waals surface area contributed by atoms with Crippen molar-refractivity contribution in [2.24, 2.45) is 0 Å². The molecule has 0 amide bonds. The molecule has 17 heavy (non-hydrogen) atoms. The standard InChI is InChI=1S/C16H18O/c1-3-4-9-15(17)16-12(2)10-11-13-7-5-6-8-14(13)16/h5-8,10-11H,3-4,9H2,1-2H3. The van der Waals surface area contributed by atoms with Crippen molar-refractivity contribution in [2.75, 3.05) is 0 Å². The van der Waals surface area contributed by atoms with Gasteiger partial charge in [-0.1, -0.05) is 49.7 Å². The van der Waals surface area contributed by atoms with Gasteiger partial charge in [-0.05, 0) is 29.7 Å². The van der Waals surface area contributed by atoms with Crippen molar-refractivity contribution in [3.8, 4) is 0 Å². The lowest BCUT2D eigenvalue weighted by Gasteiger charge is -2.09. The Bertz CT molecular complexity index is 540. The van der Waals surface area contributed by atoms with Crippen molar-refractivity contribution < 1.29 is 4.79 Å². The zero-order chi connectivity index (χ0) is 12.3. The molecule has 0 spiro atoms. The number of aryl methyl sites for hydroxylation is 1. The maximum absolute atomic E-state index is 12.2. The first-order chi connectivity index (χ1) is 8.24. The number of unbranched alkanes of at least 4 members (excludes halogenated alkanes) is 1. The molecule has 0 aliphatic heterocycles. The predicted molar refractivity (Wildman–Crippen MR) is 72.5 cm³/mol. The van der Waals surface area contributed by atoms with Gasteiger partial charge in [0.1, 0.15) is 0 Å². The van der Waals surface area contributed by atoms with Crippen molar-refractivity contribution in [1.29, 1.82) is 0 Å². The molecule has 1 nitrogen and oxygen atoms in total. The highest BCUT2D eigenvalue weighted by Crippen LogP contribution is 2.23. The Hall–Kier alpha value is -1.63. The average molecular weight is 226 g/mol. The van der Waals surface area contributed by atoms with Crippen molar-refractivity contribution in [3.05, 3.63) is 47.5 Å². The SMILES string of the molecule is CCCCC(=O)c1c(C)ccc2ccccc12. The van der Waals surface area contributed by atoms with Gasteiger partial charge >= 0.3 is 0 Å². The minimum atomic E-state index is 0.279. The second-order valence-electron chi connectivity index (χ2n) is 4.51. The Morgan fingerprint density at radius 2 is 1.88 bits per heavy atom. The van der Waals surface area contributed by atoms with Crippen molar-refractivity contribution in [3.63, 3.8) is 0 Å². The van der Waals surface area contributed by atoms with E-state index in [1.165, 1.54) is 0 Å². The summed E-state index contributed by atoms with van der Waals surface area (Å²) in [4.78, 5) is 12.2. The van der Waals surface area contributed by atoms with Crippen LogP contribution in [-0.2, 0) is 0 Å². The minimum absolute atomic E-state index is 0.279. The number of benzene rings is 2. The Kier molecular flexibility index (Phi) is 3.58. The van der Waals surface area contributed by atoms with Gasteiger partial charge in [0, 0.05) is 12.0 Å². The van der Waals surface area contributed by atoms with Gasteiger partial charge in [-0.3, -0.25) is 4.79 Å². The van der Waals surface area contributed by atoms with Crippen molar-refractivity contribution in [1.82, 2.24) is 0 Å². The van der Waals surface area contributed by atoms with Crippen LogP contribution in [0.3, 0.4) is 0 Å². The number of hydrogen-bond acceptors (Lipinski definition) is 1. The van der Waals surface area contributed by atoms with Crippen LogP contribution in [0.1, 0.15) is 42.1 Å². The zero-order valence-electron chi connectivity index (χ0n) is 10.5. The first-order valence-corrected chi connectivity index (χ1v) is 6.25. The molecule has 0 saturated carbocycles. The van der Waals surface area contributed by atoms with Crippen molar-refractivity contribution >= 4 is 16.6 Å². The number of hydrogen-bond donors (Lipinski definition) is 0. The highest BCUT2D eigenvalue weighted by atomic mass is 16.1. The molecule has 2 aromatic rings. The van der Waals surface area contributed by atoms with E-state index in [4.69, 9.17) is 0 Å². The molecule has 88 valence electrons. The summed E-state index contributed by atoms with van der Waals surface area (Å²) in [5, 5.41) is 2.24. The van der Waals surface area contributed by atoms with Crippen LogP contribution in [0.5, 0.6) is 0 Å². The number of rotatable bonds is 4. The largest absolute Gasteiger partial charge is 0.294 e. The highest BCUT2D eigenvalue weighted by molar-refractivity contribution is 6.09. The molecule has 0 unspecified atom stereocenters. The van der Waals surface area contributed by atoms with Gasteiger partial charge in [-0.15, -0.1) is 0 Å². The molecule has 1 heteroatoms. The fourth-order valence-corrected chi connectivity index (χ4v) is 2.21. The third-order valence-corrected chi connectivity index (χ3v) is 3.17. The summed E-state index contributed by atoms with van der Waals surface area (Å²) in [5.74, 6) is 0.279. The smallest absolute Gasteiger partial charge is 0.163 e. The molecule has 0 aliphatic rings. The van der Waals surface area contributed by atoms with E-state index in [2.05, 4.69) is 19.1 Å². The van der Waals surface area contributed by atoms with Gasteiger partial charge in [0.05, 0.1) is 0 Å². The summed E-state index contributed by atoms with van der Waals surface area (Å²) in [5.41, 5.74) is 2.00. The molecule has 0 fully saturated rings. The third-order valence-electron chi connectivity index (χ3n) is 3.17. The van der Waals surface area contributed by atoms with Crippen LogP contribution in [0.2, 0.25) is 0 Å². The molecule has 2 rings (SSSR count). The zero-order valence-corrected chi connectivity index (χ0v) is 10.5. The average Bonchev–Trinajstić information content (AvgIpc) is 2.35.